The minimum absolute atomic E-state index is 0. The second-order valence-electron chi connectivity index (χ2n) is 5.45. The van der Waals surface area contributed by atoms with Gasteiger partial charge in [0.1, 0.15) is 0 Å². The SMILES string of the molecule is CN1CCN=C1NCC1CC(c2ccccc2)C1.I. The van der Waals surface area contributed by atoms with Gasteiger partial charge in [-0.2, -0.15) is 0 Å². The first-order chi connectivity index (χ1) is 8.83. The van der Waals surface area contributed by atoms with Crippen molar-refractivity contribution >= 4 is 29.9 Å². The monoisotopic (exact) mass is 371 g/mol. The summed E-state index contributed by atoms with van der Waals surface area (Å²) >= 11 is 0. The Hall–Kier alpha value is -0.780. The van der Waals surface area contributed by atoms with Gasteiger partial charge in [-0.1, -0.05) is 30.3 Å². The molecule has 3 rings (SSSR count). The molecular formula is C15H22IN3. The van der Waals surface area contributed by atoms with Crippen LogP contribution in [0.3, 0.4) is 0 Å². The van der Waals surface area contributed by atoms with Gasteiger partial charge in [-0.25, -0.2) is 0 Å². The van der Waals surface area contributed by atoms with Gasteiger partial charge in [0.2, 0.25) is 0 Å². The number of benzene rings is 1. The van der Waals surface area contributed by atoms with E-state index >= 15 is 0 Å². The lowest BCUT2D eigenvalue weighted by atomic mass is 9.71. The van der Waals surface area contributed by atoms with Crippen molar-refractivity contribution in [1.82, 2.24) is 10.2 Å². The summed E-state index contributed by atoms with van der Waals surface area (Å²) in [5.74, 6) is 2.67. The third kappa shape index (κ3) is 3.41. The van der Waals surface area contributed by atoms with Gasteiger partial charge in [-0.05, 0) is 30.2 Å². The Morgan fingerprint density at radius 1 is 1.26 bits per heavy atom. The van der Waals surface area contributed by atoms with Crippen LogP contribution in [0.5, 0.6) is 0 Å². The van der Waals surface area contributed by atoms with Crippen LogP contribution in [0.25, 0.3) is 0 Å². The Labute approximate surface area is 132 Å². The summed E-state index contributed by atoms with van der Waals surface area (Å²) in [5.41, 5.74) is 1.50. The van der Waals surface area contributed by atoms with Gasteiger partial charge in [0.25, 0.3) is 0 Å². The first-order valence-corrected chi connectivity index (χ1v) is 6.87. The Kier molecular flexibility index (Phi) is 5.07. The third-order valence-electron chi connectivity index (χ3n) is 4.11. The van der Waals surface area contributed by atoms with E-state index in [1.807, 2.05) is 0 Å². The molecule has 0 bridgehead atoms. The van der Waals surface area contributed by atoms with Gasteiger partial charge in [-0.3, -0.25) is 4.99 Å². The zero-order chi connectivity index (χ0) is 12.4. The van der Waals surface area contributed by atoms with Crippen LogP contribution in [-0.2, 0) is 0 Å². The van der Waals surface area contributed by atoms with E-state index in [1.165, 1.54) is 18.4 Å². The number of aliphatic imine (C=N–C) groups is 1. The summed E-state index contributed by atoms with van der Waals surface area (Å²) < 4.78 is 0. The van der Waals surface area contributed by atoms with Gasteiger partial charge in [0.15, 0.2) is 5.96 Å². The largest absolute Gasteiger partial charge is 0.356 e. The molecule has 104 valence electrons. The lowest BCUT2D eigenvalue weighted by Gasteiger charge is -2.36. The number of nitrogens with one attached hydrogen (secondary N) is 1. The van der Waals surface area contributed by atoms with E-state index in [0.29, 0.717) is 0 Å². The third-order valence-corrected chi connectivity index (χ3v) is 4.11. The molecule has 1 saturated carbocycles. The van der Waals surface area contributed by atoms with E-state index < -0.39 is 0 Å². The van der Waals surface area contributed by atoms with E-state index in [-0.39, 0.29) is 24.0 Å². The summed E-state index contributed by atoms with van der Waals surface area (Å²) in [5, 5.41) is 3.48. The van der Waals surface area contributed by atoms with Crippen molar-refractivity contribution in [2.24, 2.45) is 10.9 Å². The highest BCUT2D eigenvalue weighted by Crippen LogP contribution is 2.40. The zero-order valence-corrected chi connectivity index (χ0v) is 13.7. The molecule has 0 unspecified atom stereocenters. The van der Waals surface area contributed by atoms with Crippen molar-refractivity contribution in [3.8, 4) is 0 Å². The van der Waals surface area contributed by atoms with Gasteiger partial charge < -0.3 is 10.2 Å². The van der Waals surface area contributed by atoms with E-state index in [1.54, 1.807) is 0 Å². The number of hydrogen-bond donors (Lipinski definition) is 1. The Morgan fingerprint density at radius 2 is 2.00 bits per heavy atom. The Balaban J connectivity index is 0.00000133. The highest BCUT2D eigenvalue weighted by molar-refractivity contribution is 14.0. The van der Waals surface area contributed by atoms with Crippen molar-refractivity contribution in [2.45, 2.75) is 18.8 Å². The lowest BCUT2D eigenvalue weighted by Crippen LogP contribution is -2.40. The molecule has 0 radical (unpaired) electrons. The number of rotatable bonds is 3. The predicted octanol–water partition coefficient (Wildman–Crippen LogP) is 2.69. The molecule has 19 heavy (non-hydrogen) atoms. The van der Waals surface area contributed by atoms with E-state index in [0.717, 1.165) is 37.4 Å². The number of nitrogens with zero attached hydrogens (tertiary/aromatic N) is 2. The highest BCUT2D eigenvalue weighted by atomic mass is 127. The van der Waals surface area contributed by atoms with Crippen molar-refractivity contribution in [1.29, 1.82) is 0 Å². The van der Waals surface area contributed by atoms with Gasteiger partial charge in [0.05, 0.1) is 6.54 Å². The Bertz CT molecular complexity index is 426. The molecule has 0 spiro atoms. The molecule has 4 heteroatoms. The summed E-state index contributed by atoms with van der Waals surface area (Å²) in [6.45, 7) is 3.07. The fourth-order valence-electron chi connectivity index (χ4n) is 2.86. The maximum Gasteiger partial charge on any atom is 0.193 e. The second kappa shape index (κ2) is 6.59. The van der Waals surface area contributed by atoms with Crippen molar-refractivity contribution < 1.29 is 0 Å². The van der Waals surface area contributed by atoms with E-state index in [2.05, 4.69) is 52.6 Å². The van der Waals surface area contributed by atoms with Crippen LogP contribution in [-0.4, -0.2) is 37.5 Å². The molecule has 1 N–H and O–H groups in total. The normalized spacial score (nSPS) is 25.3. The molecule has 0 amide bonds. The smallest absolute Gasteiger partial charge is 0.193 e. The molecule has 1 aliphatic heterocycles. The highest BCUT2D eigenvalue weighted by Gasteiger charge is 2.30. The van der Waals surface area contributed by atoms with Gasteiger partial charge in [-0.15, -0.1) is 24.0 Å². The number of hydrogen-bond acceptors (Lipinski definition) is 3. The maximum atomic E-state index is 4.46. The maximum absolute atomic E-state index is 4.46. The predicted molar refractivity (Wildman–Crippen MR) is 90.3 cm³/mol. The lowest BCUT2D eigenvalue weighted by molar-refractivity contribution is 0.262. The molecule has 1 fully saturated rings. The average Bonchev–Trinajstić information content (AvgIpc) is 2.74. The molecule has 1 aliphatic carbocycles. The first-order valence-electron chi connectivity index (χ1n) is 6.87. The minimum Gasteiger partial charge on any atom is -0.356 e. The second-order valence-corrected chi connectivity index (χ2v) is 5.45. The molecule has 3 nitrogen and oxygen atoms in total. The zero-order valence-electron chi connectivity index (χ0n) is 11.4. The van der Waals surface area contributed by atoms with Crippen molar-refractivity contribution in [3.05, 3.63) is 35.9 Å². The standard InChI is InChI=1S/C15H21N3.HI/c1-18-8-7-16-15(18)17-11-12-9-14(10-12)13-5-3-2-4-6-13;/h2-6,12,14H,7-11H2,1H3,(H,16,17);1H. The molecule has 0 saturated heterocycles. The van der Waals surface area contributed by atoms with Crippen molar-refractivity contribution in [2.75, 3.05) is 26.7 Å². The molecule has 0 atom stereocenters. The van der Waals surface area contributed by atoms with Gasteiger partial charge >= 0.3 is 0 Å². The van der Waals surface area contributed by atoms with Crippen LogP contribution >= 0.6 is 24.0 Å². The number of likely N-dealkylation sites (N-methyl/N-ethyl adjacent to an activating group) is 1. The molecule has 1 aromatic carbocycles. The van der Waals surface area contributed by atoms with Gasteiger partial charge in [0, 0.05) is 20.1 Å². The molecular weight excluding hydrogens is 349 g/mol. The topological polar surface area (TPSA) is 27.6 Å². The molecule has 1 aromatic rings. The first kappa shape index (κ1) is 14.6. The quantitative estimate of drug-likeness (QED) is 0.828. The number of guanidine groups is 1. The Morgan fingerprint density at radius 3 is 2.63 bits per heavy atom. The van der Waals surface area contributed by atoms with Crippen LogP contribution in [0.1, 0.15) is 24.3 Å². The molecule has 2 aliphatic rings. The molecule has 0 aromatic heterocycles. The summed E-state index contributed by atoms with van der Waals surface area (Å²) in [6, 6.07) is 10.9. The fraction of sp³-hybridized carbons (Fsp3) is 0.533. The van der Waals surface area contributed by atoms with Crippen LogP contribution in [0.2, 0.25) is 0 Å². The average molecular weight is 371 g/mol. The van der Waals surface area contributed by atoms with Crippen LogP contribution in [0.15, 0.2) is 35.3 Å². The summed E-state index contributed by atoms with van der Waals surface area (Å²) in [4.78, 5) is 6.66. The molecule has 1 heterocycles. The van der Waals surface area contributed by atoms with E-state index in [9.17, 15) is 0 Å². The number of halogens is 1. The fourth-order valence-corrected chi connectivity index (χ4v) is 2.86. The van der Waals surface area contributed by atoms with Crippen LogP contribution < -0.4 is 5.32 Å². The summed E-state index contributed by atoms with van der Waals surface area (Å²) in [7, 11) is 2.10. The summed E-state index contributed by atoms with van der Waals surface area (Å²) in [6.07, 6.45) is 2.63. The van der Waals surface area contributed by atoms with Crippen LogP contribution in [0.4, 0.5) is 0 Å². The van der Waals surface area contributed by atoms with Crippen molar-refractivity contribution in [3.63, 3.8) is 0 Å². The van der Waals surface area contributed by atoms with Crippen LogP contribution in [0, 0.1) is 5.92 Å². The minimum atomic E-state index is 0. The van der Waals surface area contributed by atoms with E-state index in [4.69, 9.17) is 0 Å².